The standard InChI is InChI=1S/C21H18FN3O2/c1-21(2)18-13(12-7-3-5-9-15(12)23-18)11-17-19(26)24(20(27)25(17)21)16-10-6-4-8-14(16)22/h3-10,17,23H,11H2,1-2H3/t17-/m1/s1. The number of anilines is 1. The minimum absolute atomic E-state index is 0.00576. The van der Waals surface area contributed by atoms with E-state index in [2.05, 4.69) is 4.98 Å². The Morgan fingerprint density at radius 1 is 1.07 bits per heavy atom. The van der Waals surface area contributed by atoms with Gasteiger partial charge in [-0.2, -0.15) is 0 Å². The number of halogens is 1. The molecule has 0 saturated carbocycles. The number of amides is 3. The van der Waals surface area contributed by atoms with Gasteiger partial charge < -0.3 is 9.88 Å². The summed E-state index contributed by atoms with van der Waals surface area (Å²) in [5, 5.41) is 1.06. The molecule has 2 aliphatic rings. The van der Waals surface area contributed by atoms with E-state index in [-0.39, 0.29) is 11.6 Å². The molecule has 5 nitrogen and oxygen atoms in total. The molecule has 1 fully saturated rings. The first kappa shape index (κ1) is 16.1. The lowest BCUT2D eigenvalue weighted by Gasteiger charge is -2.42. The Labute approximate surface area is 155 Å². The van der Waals surface area contributed by atoms with Crippen molar-refractivity contribution < 1.29 is 14.0 Å². The molecule has 1 aromatic heterocycles. The van der Waals surface area contributed by atoms with Crippen LogP contribution in [0.1, 0.15) is 25.1 Å². The van der Waals surface area contributed by atoms with Gasteiger partial charge in [-0.05, 0) is 37.6 Å². The summed E-state index contributed by atoms with van der Waals surface area (Å²) in [6.07, 6.45) is 0.415. The first-order chi connectivity index (χ1) is 12.9. The summed E-state index contributed by atoms with van der Waals surface area (Å²) >= 11 is 0. The lowest BCUT2D eigenvalue weighted by molar-refractivity contribution is -0.121. The number of benzene rings is 2. The quantitative estimate of drug-likeness (QED) is 0.666. The van der Waals surface area contributed by atoms with Crippen LogP contribution in [-0.4, -0.2) is 27.9 Å². The molecular weight excluding hydrogens is 345 g/mol. The average Bonchev–Trinajstić information content (AvgIpc) is 3.13. The Balaban J connectivity index is 1.67. The maximum Gasteiger partial charge on any atom is 0.332 e. The Morgan fingerprint density at radius 3 is 2.56 bits per heavy atom. The normalized spacial score (nSPS) is 20.9. The lowest BCUT2D eigenvalue weighted by atomic mass is 9.85. The van der Waals surface area contributed by atoms with Crippen LogP contribution < -0.4 is 4.90 Å². The highest BCUT2D eigenvalue weighted by Gasteiger charge is 2.56. The van der Waals surface area contributed by atoms with Crippen LogP contribution >= 0.6 is 0 Å². The van der Waals surface area contributed by atoms with Crippen LogP contribution in [0.5, 0.6) is 0 Å². The molecule has 0 unspecified atom stereocenters. The summed E-state index contributed by atoms with van der Waals surface area (Å²) < 4.78 is 14.3. The molecule has 2 aliphatic heterocycles. The average molecular weight is 363 g/mol. The first-order valence-corrected chi connectivity index (χ1v) is 8.93. The third-order valence-electron chi connectivity index (χ3n) is 5.73. The molecule has 2 aromatic carbocycles. The van der Waals surface area contributed by atoms with Crippen molar-refractivity contribution in [2.75, 3.05) is 4.90 Å². The highest BCUT2D eigenvalue weighted by atomic mass is 19.1. The first-order valence-electron chi connectivity index (χ1n) is 8.93. The van der Waals surface area contributed by atoms with Crippen molar-refractivity contribution in [1.29, 1.82) is 0 Å². The molecule has 5 rings (SSSR count). The van der Waals surface area contributed by atoms with Gasteiger partial charge in [0.25, 0.3) is 5.91 Å². The summed E-state index contributed by atoms with van der Waals surface area (Å²) in [7, 11) is 0. The Morgan fingerprint density at radius 2 is 1.78 bits per heavy atom. The number of hydrogen-bond acceptors (Lipinski definition) is 2. The number of nitrogens with one attached hydrogen (secondary N) is 1. The van der Waals surface area contributed by atoms with Crippen LogP contribution in [0.2, 0.25) is 0 Å². The van der Waals surface area contributed by atoms with Crippen molar-refractivity contribution in [1.82, 2.24) is 9.88 Å². The molecule has 0 radical (unpaired) electrons. The van der Waals surface area contributed by atoms with Crippen molar-refractivity contribution in [2.24, 2.45) is 0 Å². The molecule has 3 heterocycles. The Bertz CT molecular complexity index is 1120. The fourth-order valence-corrected chi connectivity index (χ4v) is 4.50. The smallest absolute Gasteiger partial charge is 0.332 e. The molecule has 6 heteroatoms. The molecule has 27 heavy (non-hydrogen) atoms. The van der Waals surface area contributed by atoms with E-state index in [0.717, 1.165) is 27.1 Å². The predicted octanol–water partition coefficient (Wildman–Crippen LogP) is 3.94. The number of aromatic amines is 1. The fraction of sp³-hybridized carbons (Fsp3) is 0.238. The summed E-state index contributed by atoms with van der Waals surface area (Å²) in [4.78, 5) is 32.3. The molecule has 1 saturated heterocycles. The van der Waals surface area contributed by atoms with Crippen molar-refractivity contribution in [3.05, 3.63) is 65.6 Å². The van der Waals surface area contributed by atoms with Gasteiger partial charge in [-0.3, -0.25) is 4.79 Å². The highest BCUT2D eigenvalue weighted by Crippen LogP contribution is 2.45. The molecule has 1 atom stereocenters. The number of rotatable bonds is 1. The van der Waals surface area contributed by atoms with E-state index in [9.17, 15) is 14.0 Å². The molecule has 0 spiro atoms. The maximum atomic E-state index is 14.3. The fourth-order valence-electron chi connectivity index (χ4n) is 4.50. The number of carbonyl (C=O) groups excluding carboxylic acids is 2. The van der Waals surface area contributed by atoms with Crippen LogP contribution in [-0.2, 0) is 16.8 Å². The van der Waals surface area contributed by atoms with Gasteiger partial charge in [-0.1, -0.05) is 30.3 Å². The van der Waals surface area contributed by atoms with E-state index in [1.807, 2.05) is 38.1 Å². The number of carbonyl (C=O) groups is 2. The SMILES string of the molecule is CC1(C)c2[nH]c3ccccc3c2C[C@@H]2C(=O)N(c3ccccc3F)C(=O)N21. The molecule has 0 bridgehead atoms. The maximum absolute atomic E-state index is 14.3. The number of aromatic nitrogens is 1. The Hall–Kier alpha value is -3.15. The third-order valence-corrected chi connectivity index (χ3v) is 5.73. The van der Waals surface area contributed by atoms with E-state index < -0.39 is 23.4 Å². The summed E-state index contributed by atoms with van der Waals surface area (Å²) in [5.74, 6) is -0.963. The summed E-state index contributed by atoms with van der Waals surface area (Å²) in [5.41, 5.74) is 2.25. The number of H-pyrrole nitrogens is 1. The van der Waals surface area contributed by atoms with E-state index in [1.54, 1.807) is 11.0 Å². The van der Waals surface area contributed by atoms with Crippen LogP contribution in [0, 0.1) is 5.82 Å². The van der Waals surface area contributed by atoms with Crippen molar-refractivity contribution in [3.8, 4) is 0 Å². The second-order valence-corrected chi connectivity index (χ2v) is 7.58. The molecule has 3 amide bonds. The van der Waals surface area contributed by atoms with Crippen LogP contribution in [0.15, 0.2) is 48.5 Å². The van der Waals surface area contributed by atoms with Crippen molar-refractivity contribution in [3.63, 3.8) is 0 Å². The third kappa shape index (κ3) is 1.98. The highest BCUT2D eigenvalue weighted by molar-refractivity contribution is 6.22. The number of nitrogens with zero attached hydrogens (tertiary/aromatic N) is 2. The Kier molecular flexibility index (Phi) is 3.09. The van der Waals surface area contributed by atoms with Gasteiger partial charge in [0.05, 0.1) is 11.2 Å². The molecule has 0 aliphatic carbocycles. The van der Waals surface area contributed by atoms with Gasteiger partial charge in [0, 0.05) is 23.0 Å². The largest absolute Gasteiger partial charge is 0.356 e. The molecule has 3 aromatic rings. The number of hydrogen-bond donors (Lipinski definition) is 1. The summed E-state index contributed by atoms with van der Waals surface area (Å²) in [6, 6.07) is 12.7. The zero-order valence-corrected chi connectivity index (χ0v) is 15.0. The topological polar surface area (TPSA) is 56.4 Å². The van der Waals surface area contributed by atoms with Gasteiger partial charge in [0.15, 0.2) is 0 Å². The van der Waals surface area contributed by atoms with Crippen LogP contribution in [0.4, 0.5) is 14.9 Å². The number of para-hydroxylation sites is 2. The zero-order chi connectivity index (χ0) is 18.9. The van der Waals surface area contributed by atoms with Crippen LogP contribution in [0.25, 0.3) is 10.9 Å². The molecular formula is C21H18FN3O2. The van der Waals surface area contributed by atoms with E-state index in [0.29, 0.717) is 6.42 Å². The van der Waals surface area contributed by atoms with Gasteiger partial charge in [-0.15, -0.1) is 0 Å². The number of urea groups is 1. The zero-order valence-electron chi connectivity index (χ0n) is 15.0. The summed E-state index contributed by atoms with van der Waals surface area (Å²) in [6.45, 7) is 3.84. The van der Waals surface area contributed by atoms with Gasteiger partial charge in [-0.25, -0.2) is 14.1 Å². The minimum atomic E-state index is -0.718. The number of imide groups is 1. The predicted molar refractivity (Wildman–Crippen MR) is 99.9 cm³/mol. The van der Waals surface area contributed by atoms with Crippen molar-refractivity contribution in [2.45, 2.75) is 31.8 Å². The molecule has 136 valence electrons. The van der Waals surface area contributed by atoms with E-state index >= 15 is 0 Å². The molecule has 1 N–H and O–H groups in total. The van der Waals surface area contributed by atoms with E-state index in [4.69, 9.17) is 0 Å². The van der Waals surface area contributed by atoms with Gasteiger partial charge >= 0.3 is 6.03 Å². The van der Waals surface area contributed by atoms with Crippen molar-refractivity contribution >= 4 is 28.5 Å². The van der Waals surface area contributed by atoms with Gasteiger partial charge in [0.1, 0.15) is 11.9 Å². The second-order valence-electron chi connectivity index (χ2n) is 7.58. The van der Waals surface area contributed by atoms with Gasteiger partial charge in [0.2, 0.25) is 0 Å². The van der Waals surface area contributed by atoms with E-state index in [1.165, 1.54) is 18.2 Å². The van der Waals surface area contributed by atoms with Crippen LogP contribution in [0.3, 0.4) is 0 Å². The minimum Gasteiger partial charge on any atom is -0.356 e. The monoisotopic (exact) mass is 363 g/mol. The number of fused-ring (bicyclic) bond motifs is 4. The second kappa shape index (κ2) is 5.19. The lowest BCUT2D eigenvalue weighted by Crippen LogP contribution is -2.52.